The third kappa shape index (κ3) is 2.14. The van der Waals surface area contributed by atoms with Gasteiger partial charge in [0.1, 0.15) is 0 Å². The third-order valence-electron chi connectivity index (χ3n) is 3.30. The SMILES string of the molecule is Cc1nc2c(=O)oc(-c3c(Cl)cccc3Cl)c(Cl)n2c1C. The fourth-order valence-corrected chi connectivity index (χ4v) is 3.05. The second-order valence-corrected chi connectivity index (χ2v) is 5.72. The first kappa shape index (κ1) is 14.4. The third-order valence-corrected chi connectivity index (χ3v) is 4.27. The van der Waals surface area contributed by atoms with E-state index < -0.39 is 5.63 Å². The molecule has 0 saturated heterocycles. The lowest BCUT2D eigenvalue weighted by Crippen LogP contribution is -2.08. The van der Waals surface area contributed by atoms with Crippen LogP contribution in [0.1, 0.15) is 11.4 Å². The minimum absolute atomic E-state index is 0.130. The maximum absolute atomic E-state index is 12.1. The molecule has 7 heteroatoms. The molecule has 0 saturated carbocycles. The molecule has 2 heterocycles. The van der Waals surface area contributed by atoms with Gasteiger partial charge in [0.25, 0.3) is 0 Å². The second-order valence-electron chi connectivity index (χ2n) is 4.55. The van der Waals surface area contributed by atoms with Crippen LogP contribution < -0.4 is 5.63 Å². The lowest BCUT2D eigenvalue weighted by molar-refractivity contribution is 0.522. The van der Waals surface area contributed by atoms with Gasteiger partial charge in [-0.2, -0.15) is 0 Å². The summed E-state index contributed by atoms with van der Waals surface area (Å²) in [6, 6.07) is 5.00. The molecule has 0 N–H and O–H groups in total. The van der Waals surface area contributed by atoms with Crippen LogP contribution >= 0.6 is 34.8 Å². The molecule has 0 radical (unpaired) electrons. The zero-order valence-corrected chi connectivity index (χ0v) is 13.3. The van der Waals surface area contributed by atoms with Crippen LogP contribution in [0.3, 0.4) is 0 Å². The molecule has 0 aliphatic heterocycles. The van der Waals surface area contributed by atoms with Gasteiger partial charge in [-0.05, 0) is 26.0 Å². The van der Waals surface area contributed by atoms with E-state index in [4.69, 9.17) is 39.2 Å². The molecular formula is C14H9Cl3N2O2. The molecule has 0 amide bonds. The van der Waals surface area contributed by atoms with Crippen LogP contribution in [-0.2, 0) is 0 Å². The highest BCUT2D eigenvalue weighted by atomic mass is 35.5. The number of hydrogen-bond donors (Lipinski definition) is 0. The highest BCUT2D eigenvalue weighted by molar-refractivity contribution is 6.40. The first-order valence-electron chi connectivity index (χ1n) is 6.04. The van der Waals surface area contributed by atoms with Crippen LogP contribution in [0.4, 0.5) is 0 Å². The van der Waals surface area contributed by atoms with Gasteiger partial charge in [0, 0.05) is 5.69 Å². The van der Waals surface area contributed by atoms with E-state index in [0.29, 0.717) is 21.3 Å². The Bertz CT molecular complexity index is 908. The lowest BCUT2D eigenvalue weighted by Gasteiger charge is -2.09. The van der Waals surface area contributed by atoms with Gasteiger partial charge in [-0.3, -0.25) is 4.40 Å². The molecular weight excluding hydrogens is 335 g/mol. The van der Waals surface area contributed by atoms with E-state index in [1.807, 2.05) is 6.92 Å². The number of aryl methyl sites for hydroxylation is 2. The summed E-state index contributed by atoms with van der Waals surface area (Å²) in [7, 11) is 0. The van der Waals surface area contributed by atoms with Crippen molar-refractivity contribution < 1.29 is 4.42 Å². The van der Waals surface area contributed by atoms with Gasteiger partial charge >= 0.3 is 5.63 Å². The number of rotatable bonds is 1. The average molecular weight is 344 g/mol. The van der Waals surface area contributed by atoms with Crippen molar-refractivity contribution in [1.29, 1.82) is 0 Å². The molecule has 0 spiro atoms. The number of nitrogens with zero attached hydrogens (tertiary/aromatic N) is 2. The quantitative estimate of drug-likeness (QED) is 0.652. The van der Waals surface area contributed by atoms with E-state index in [2.05, 4.69) is 4.98 Å². The van der Waals surface area contributed by atoms with Crippen LogP contribution in [0.15, 0.2) is 27.4 Å². The predicted molar refractivity (Wildman–Crippen MR) is 83.7 cm³/mol. The Hall–Kier alpha value is -1.49. The average Bonchev–Trinajstić information content (AvgIpc) is 2.72. The van der Waals surface area contributed by atoms with Crippen molar-refractivity contribution >= 4 is 40.4 Å². The summed E-state index contributed by atoms with van der Waals surface area (Å²) in [6.45, 7) is 3.61. The Balaban J connectivity index is 2.48. The number of halogens is 3. The van der Waals surface area contributed by atoms with E-state index in [9.17, 15) is 4.79 Å². The number of benzene rings is 1. The zero-order valence-electron chi connectivity index (χ0n) is 11.1. The monoisotopic (exact) mass is 342 g/mol. The Morgan fingerprint density at radius 2 is 1.76 bits per heavy atom. The van der Waals surface area contributed by atoms with Crippen molar-refractivity contribution in [3.05, 3.63) is 55.2 Å². The fourth-order valence-electron chi connectivity index (χ4n) is 2.14. The van der Waals surface area contributed by atoms with E-state index >= 15 is 0 Å². The van der Waals surface area contributed by atoms with Crippen molar-refractivity contribution in [1.82, 2.24) is 9.38 Å². The van der Waals surface area contributed by atoms with Gasteiger partial charge < -0.3 is 4.42 Å². The normalized spacial score (nSPS) is 11.3. The topological polar surface area (TPSA) is 47.5 Å². The van der Waals surface area contributed by atoms with Gasteiger partial charge in [-0.25, -0.2) is 9.78 Å². The summed E-state index contributed by atoms with van der Waals surface area (Å²) in [6.07, 6.45) is 0. The van der Waals surface area contributed by atoms with E-state index in [0.717, 1.165) is 5.69 Å². The summed E-state index contributed by atoms with van der Waals surface area (Å²) >= 11 is 18.7. The van der Waals surface area contributed by atoms with E-state index in [1.54, 1.807) is 25.1 Å². The molecule has 0 atom stereocenters. The van der Waals surface area contributed by atoms with Crippen LogP contribution in [0, 0.1) is 13.8 Å². The molecule has 3 rings (SSSR count). The van der Waals surface area contributed by atoms with Gasteiger partial charge in [-0.15, -0.1) is 0 Å². The standard InChI is InChI=1S/C14H9Cl3N2O2/c1-6-7(2)19-12(17)11(21-14(20)13(19)18-6)10-8(15)4-3-5-9(10)16/h3-5H,1-2H3. The molecule has 0 bridgehead atoms. The smallest absolute Gasteiger partial charge is 0.380 e. The molecule has 108 valence electrons. The maximum Gasteiger partial charge on any atom is 0.380 e. The van der Waals surface area contributed by atoms with Crippen LogP contribution in [0.5, 0.6) is 0 Å². The van der Waals surface area contributed by atoms with E-state index in [-0.39, 0.29) is 16.6 Å². The van der Waals surface area contributed by atoms with Gasteiger partial charge in [0.15, 0.2) is 10.9 Å². The molecule has 0 unspecified atom stereocenters. The van der Waals surface area contributed by atoms with Crippen molar-refractivity contribution in [2.45, 2.75) is 13.8 Å². The number of aromatic nitrogens is 2. The summed E-state index contributed by atoms with van der Waals surface area (Å²) in [4.78, 5) is 16.3. The number of fused-ring (bicyclic) bond motifs is 1. The Morgan fingerprint density at radius 3 is 2.38 bits per heavy atom. The van der Waals surface area contributed by atoms with Crippen molar-refractivity contribution in [2.24, 2.45) is 0 Å². The molecule has 1 aromatic carbocycles. The van der Waals surface area contributed by atoms with Crippen molar-refractivity contribution in [2.75, 3.05) is 0 Å². The predicted octanol–water partition coefficient (Wildman–Crippen LogP) is 4.53. The van der Waals surface area contributed by atoms with Crippen LogP contribution in [0.2, 0.25) is 15.2 Å². The minimum atomic E-state index is -0.596. The largest absolute Gasteiger partial charge is 0.417 e. The van der Waals surface area contributed by atoms with Gasteiger partial charge in [0.2, 0.25) is 5.65 Å². The highest BCUT2D eigenvalue weighted by Crippen LogP contribution is 2.38. The maximum atomic E-state index is 12.1. The summed E-state index contributed by atoms with van der Waals surface area (Å²) < 4.78 is 6.84. The summed E-state index contributed by atoms with van der Waals surface area (Å²) in [5.41, 5.74) is 1.39. The van der Waals surface area contributed by atoms with Gasteiger partial charge in [0.05, 0.1) is 21.3 Å². The van der Waals surface area contributed by atoms with Crippen LogP contribution in [-0.4, -0.2) is 9.38 Å². The van der Waals surface area contributed by atoms with Crippen molar-refractivity contribution in [3.63, 3.8) is 0 Å². The Labute approximate surface area is 134 Å². The van der Waals surface area contributed by atoms with E-state index in [1.165, 1.54) is 4.40 Å². The summed E-state index contributed by atoms with van der Waals surface area (Å²) in [5.74, 6) is 0.130. The highest BCUT2D eigenvalue weighted by Gasteiger charge is 2.21. The summed E-state index contributed by atoms with van der Waals surface area (Å²) in [5, 5.41) is 0.903. The second kappa shape index (κ2) is 5.05. The molecule has 0 aliphatic carbocycles. The molecule has 0 fully saturated rings. The van der Waals surface area contributed by atoms with Crippen LogP contribution in [0.25, 0.3) is 17.0 Å². The lowest BCUT2D eigenvalue weighted by atomic mass is 10.2. The Morgan fingerprint density at radius 1 is 1.14 bits per heavy atom. The fraction of sp³-hybridized carbons (Fsp3) is 0.143. The molecule has 4 nitrogen and oxygen atoms in total. The van der Waals surface area contributed by atoms with Gasteiger partial charge in [-0.1, -0.05) is 40.9 Å². The molecule has 2 aromatic heterocycles. The number of imidazole rings is 1. The molecule has 3 aromatic rings. The first-order valence-corrected chi connectivity index (χ1v) is 7.18. The zero-order chi connectivity index (χ0) is 15.3. The van der Waals surface area contributed by atoms with Crippen molar-refractivity contribution in [3.8, 4) is 11.3 Å². The first-order chi connectivity index (χ1) is 9.91. The molecule has 21 heavy (non-hydrogen) atoms. The molecule has 0 aliphatic rings. The Kier molecular flexibility index (Phi) is 3.48. The number of hydrogen-bond acceptors (Lipinski definition) is 3. The minimum Gasteiger partial charge on any atom is -0.417 e.